The Kier molecular flexibility index (Phi) is 4.92. The maximum absolute atomic E-state index is 12.7. The van der Waals surface area contributed by atoms with E-state index in [1.807, 2.05) is 0 Å². The largest absolute Gasteiger partial charge is 0.574 e. The van der Waals surface area contributed by atoms with Crippen molar-refractivity contribution >= 4 is 28.4 Å². The second kappa shape index (κ2) is 5.87. The van der Waals surface area contributed by atoms with E-state index < -0.39 is 46.6 Å². The second-order valence-electron chi connectivity index (χ2n) is 3.13. The van der Waals surface area contributed by atoms with Gasteiger partial charge in [0.05, 0.1) is 5.88 Å². The van der Waals surface area contributed by atoms with Crippen molar-refractivity contribution in [2.24, 2.45) is 0 Å². The highest BCUT2D eigenvalue weighted by Crippen LogP contribution is 2.32. The molecule has 0 radical (unpaired) electrons. The molecule has 0 saturated heterocycles. The van der Waals surface area contributed by atoms with Crippen molar-refractivity contribution in [3.8, 4) is 5.88 Å². The van der Waals surface area contributed by atoms with Gasteiger partial charge in [-0.2, -0.15) is 0 Å². The van der Waals surface area contributed by atoms with Crippen LogP contribution in [0.4, 0.5) is 22.0 Å². The zero-order valence-corrected chi connectivity index (χ0v) is 10.3. The van der Waals surface area contributed by atoms with E-state index in [9.17, 15) is 26.7 Å². The van der Waals surface area contributed by atoms with Gasteiger partial charge >= 0.3 is 6.36 Å². The van der Waals surface area contributed by atoms with E-state index in [1.165, 1.54) is 0 Å². The summed E-state index contributed by atoms with van der Waals surface area (Å²) in [6.07, 6.45) is -8.30. The fraction of sp³-hybridized carbons (Fsp3) is 0.333. The van der Waals surface area contributed by atoms with Gasteiger partial charge in [-0.25, -0.2) is 13.8 Å². The van der Waals surface area contributed by atoms with Crippen LogP contribution in [0.15, 0.2) is 6.07 Å². The summed E-state index contributed by atoms with van der Waals surface area (Å²) >= 11 is 10.4. The Bertz CT molecular complexity index is 492. The van der Waals surface area contributed by atoms with Crippen molar-refractivity contribution in [3.63, 3.8) is 0 Å². The molecule has 0 amide bonds. The molecule has 3 nitrogen and oxygen atoms in total. The summed E-state index contributed by atoms with van der Waals surface area (Å²) < 4.78 is 64.8. The van der Waals surface area contributed by atoms with Crippen molar-refractivity contribution in [3.05, 3.63) is 22.9 Å². The molecule has 1 heterocycles. The minimum absolute atomic E-state index is 0.360. The average Bonchev–Trinajstić information content (AvgIpc) is 2.25. The normalized spacial score (nSPS) is 11.8. The van der Waals surface area contributed by atoms with Crippen molar-refractivity contribution < 1.29 is 31.5 Å². The number of nitrogens with zero attached hydrogens (tertiary/aromatic N) is 1. The Labute approximate surface area is 113 Å². The van der Waals surface area contributed by atoms with Gasteiger partial charge < -0.3 is 4.74 Å². The minimum Gasteiger partial charge on any atom is -0.388 e. The molecule has 1 aromatic rings. The van der Waals surface area contributed by atoms with E-state index in [1.54, 1.807) is 0 Å². The average molecular weight is 324 g/mol. The summed E-state index contributed by atoms with van der Waals surface area (Å²) in [6, 6.07) is 0.360. The summed E-state index contributed by atoms with van der Waals surface area (Å²) in [5, 5.41) is -1.31. The van der Waals surface area contributed by atoms with E-state index in [-0.39, 0.29) is 0 Å². The lowest BCUT2D eigenvalue weighted by Gasteiger charge is -2.13. The highest BCUT2D eigenvalue weighted by atomic mass is 35.5. The highest BCUT2D eigenvalue weighted by molar-refractivity contribution is 6.67. The predicted octanol–water partition coefficient (Wildman–Crippen LogP) is 4.04. The molecule has 0 saturated carbocycles. The Hall–Kier alpha value is -1.15. The molecule has 0 bridgehead atoms. The summed E-state index contributed by atoms with van der Waals surface area (Å²) in [5.74, 6) is -1.77. The Morgan fingerprint density at radius 1 is 1.42 bits per heavy atom. The van der Waals surface area contributed by atoms with Crippen LogP contribution in [0.1, 0.15) is 28.0 Å². The van der Waals surface area contributed by atoms with Gasteiger partial charge in [-0.1, -0.05) is 0 Å². The topological polar surface area (TPSA) is 39.2 Å². The van der Waals surface area contributed by atoms with Gasteiger partial charge in [-0.15, -0.1) is 24.8 Å². The van der Waals surface area contributed by atoms with Crippen LogP contribution < -0.4 is 4.74 Å². The maximum atomic E-state index is 12.7. The third kappa shape index (κ3) is 4.17. The predicted molar refractivity (Wildman–Crippen MR) is 55.6 cm³/mol. The van der Waals surface area contributed by atoms with Crippen LogP contribution >= 0.6 is 23.2 Å². The second-order valence-corrected chi connectivity index (χ2v) is 3.74. The van der Waals surface area contributed by atoms with Crippen LogP contribution in [0.25, 0.3) is 0 Å². The number of rotatable bonds is 4. The van der Waals surface area contributed by atoms with Gasteiger partial charge in [-0.3, -0.25) is 4.79 Å². The number of pyridine rings is 1. The number of ether oxygens (including phenoxy) is 1. The van der Waals surface area contributed by atoms with Gasteiger partial charge in [0, 0.05) is 17.2 Å². The Morgan fingerprint density at radius 3 is 2.37 bits per heavy atom. The van der Waals surface area contributed by atoms with E-state index >= 15 is 0 Å². The van der Waals surface area contributed by atoms with E-state index in [0.29, 0.717) is 6.07 Å². The molecule has 0 spiro atoms. The SMILES string of the molecule is O=C(Cl)c1nc(OC(F)(F)F)cc(C(F)F)c1CCl. The summed E-state index contributed by atoms with van der Waals surface area (Å²) in [5.41, 5.74) is -2.13. The van der Waals surface area contributed by atoms with Crippen molar-refractivity contribution in [2.75, 3.05) is 0 Å². The fourth-order valence-electron chi connectivity index (χ4n) is 1.24. The van der Waals surface area contributed by atoms with Gasteiger partial charge in [0.15, 0.2) is 0 Å². The van der Waals surface area contributed by atoms with Gasteiger partial charge in [0.2, 0.25) is 5.88 Å². The first kappa shape index (κ1) is 15.9. The zero-order valence-electron chi connectivity index (χ0n) is 8.77. The number of aromatic nitrogens is 1. The van der Waals surface area contributed by atoms with E-state index in [4.69, 9.17) is 23.2 Å². The molecule has 1 aromatic heterocycles. The van der Waals surface area contributed by atoms with E-state index in [2.05, 4.69) is 9.72 Å². The molecule has 0 aliphatic heterocycles. The summed E-state index contributed by atoms with van der Waals surface area (Å²) in [7, 11) is 0. The molecule has 0 unspecified atom stereocenters. The minimum atomic E-state index is -5.14. The quantitative estimate of drug-likeness (QED) is 0.477. The monoisotopic (exact) mass is 323 g/mol. The molecular weight excluding hydrogens is 320 g/mol. The van der Waals surface area contributed by atoms with Crippen LogP contribution in [0, 0.1) is 0 Å². The van der Waals surface area contributed by atoms with Crippen LogP contribution in [0.3, 0.4) is 0 Å². The maximum Gasteiger partial charge on any atom is 0.574 e. The van der Waals surface area contributed by atoms with Crippen LogP contribution in [0.5, 0.6) is 5.88 Å². The number of halogens is 7. The Balaban J connectivity index is 3.41. The van der Waals surface area contributed by atoms with Crippen molar-refractivity contribution in [2.45, 2.75) is 18.7 Å². The first-order valence-electron chi connectivity index (χ1n) is 4.49. The zero-order chi connectivity index (χ0) is 14.8. The number of carbonyl (C=O) groups is 1. The third-order valence-corrected chi connectivity index (χ3v) is 2.36. The van der Waals surface area contributed by atoms with Crippen LogP contribution in [-0.2, 0) is 5.88 Å². The Morgan fingerprint density at radius 2 is 2.00 bits per heavy atom. The summed E-state index contributed by atoms with van der Waals surface area (Å²) in [6.45, 7) is 0. The first-order valence-corrected chi connectivity index (χ1v) is 5.40. The molecule has 0 fully saturated rings. The standard InChI is InChI=1S/C9H4Cl2F5NO2/c10-2-4-3(8(12)13)1-5(19-9(14,15)16)17-6(4)7(11)18/h1,8H,2H2. The molecule has 0 aliphatic carbocycles. The molecular formula is C9H4Cl2F5NO2. The molecule has 0 aliphatic rings. The lowest BCUT2D eigenvalue weighted by Crippen LogP contribution is -2.19. The van der Waals surface area contributed by atoms with E-state index in [0.717, 1.165) is 0 Å². The summed E-state index contributed by atoms with van der Waals surface area (Å²) in [4.78, 5) is 14.1. The highest BCUT2D eigenvalue weighted by Gasteiger charge is 2.33. The van der Waals surface area contributed by atoms with Crippen molar-refractivity contribution in [1.82, 2.24) is 4.98 Å². The molecule has 1 rings (SSSR count). The fourth-order valence-corrected chi connectivity index (χ4v) is 1.67. The molecule has 0 aromatic carbocycles. The smallest absolute Gasteiger partial charge is 0.388 e. The third-order valence-electron chi connectivity index (χ3n) is 1.91. The van der Waals surface area contributed by atoms with Crippen molar-refractivity contribution in [1.29, 1.82) is 0 Å². The molecule has 19 heavy (non-hydrogen) atoms. The van der Waals surface area contributed by atoms with Crippen LogP contribution in [0.2, 0.25) is 0 Å². The lowest BCUT2D eigenvalue weighted by molar-refractivity contribution is -0.276. The molecule has 10 heteroatoms. The van der Waals surface area contributed by atoms with Gasteiger partial charge in [0.25, 0.3) is 11.7 Å². The number of alkyl halides is 6. The number of hydrogen-bond acceptors (Lipinski definition) is 3. The van der Waals surface area contributed by atoms with Crippen LogP contribution in [-0.4, -0.2) is 16.6 Å². The number of hydrogen-bond donors (Lipinski definition) is 0. The molecule has 106 valence electrons. The number of carbonyl (C=O) groups excluding carboxylic acids is 1. The van der Waals surface area contributed by atoms with Gasteiger partial charge in [0.1, 0.15) is 5.69 Å². The lowest BCUT2D eigenvalue weighted by atomic mass is 10.1. The molecule has 0 atom stereocenters. The molecule has 0 N–H and O–H groups in total. The first-order chi connectivity index (χ1) is 8.65. The van der Waals surface area contributed by atoms with Gasteiger partial charge in [-0.05, 0) is 11.6 Å².